The Morgan fingerprint density at radius 2 is 2.00 bits per heavy atom. The minimum Gasteiger partial charge on any atom is -0.298 e. The molecule has 0 radical (unpaired) electrons. The van der Waals surface area contributed by atoms with Crippen LogP contribution in [0.2, 0.25) is 0 Å². The number of benzene rings is 1. The van der Waals surface area contributed by atoms with Gasteiger partial charge in [0.05, 0.1) is 15.5 Å². The maximum Gasteiger partial charge on any atom is 0.269 e. The van der Waals surface area contributed by atoms with Gasteiger partial charge in [0.25, 0.3) is 5.69 Å². The normalized spacial score (nSPS) is 10.8. The number of aromatic nitrogens is 1. The third-order valence-corrected chi connectivity index (χ3v) is 4.69. The van der Waals surface area contributed by atoms with Gasteiger partial charge in [0.15, 0.2) is 5.13 Å². The Kier molecular flexibility index (Phi) is 4.78. The largest absolute Gasteiger partial charge is 0.298 e. The van der Waals surface area contributed by atoms with Crippen LogP contribution >= 0.6 is 22.7 Å². The second kappa shape index (κ2) is 7.16. The number of non-ortho nitro benzene ring substituents is 1. The van der Waals surface area contributed by atoms with E-state index >= 15 is 0 Å². The highest BCUT2D eigenvalue weighted by Gasteiger charge is 2.07. The first-order valence-corrected chi connectivity index (χ1v) is 8.61. The fourth-order valence-corrected chi connectivity index (χ4v) is 3.37. The van der Waals surface area contributed by atoms with Gasteiger partial charge in [-0.3, -0.25) is 20.2 Å². The molecule has 2 aromatic heterocycles. The number of amides is 1. The number of nitrogens with zero attached hydrogens (tertiary/aromatic N) is 2. The van der Waals surface area contributed by atoms with Crippen LogP contribution in [0.15, 0.2) is 53.2 Å². The quantitative estimate of drug-likeness (QED) is 0.416. The Labute approximate surface area is 145 Å². The van der Waals surface area contributed by atoms with Gasteiger partial charge in [-0.2, -0.15) is 0 Å². The molecule has 0 bridgehead atoms. The molecule has 0 saturated carbocycles. The van der Waals surface area contributed by atoms with E-state index in [1.165, 1.54) is 29.5 Å². The summed E-state index contributed by atoms with van der Waals surface area (Å²) in [5.74, 6) is -0.305. The summed E-state index contributed by atoms with van der Waals surface area (Å²) < 4.78 is 0. The summed E-state index contributed by atoms with van der Waals surface area (Å²) in [5, 5.41) is 17.7. The summed E-state index contributed by atoms with van der Waals surface area (Å²) in [4.78, 5) is 27.5. The lowest BCUT2D eigenvalue weighted by atomic mass is 10.2. The predicted octanol–water partition coefficient (Wildman–Crippen LogP) is 4.43. The predicted molar refractivity (Wildman–Crippen MR) is 96.2 cm³/mol. The molecule has 24 heavy (non-hydrogen) atoms. The lowest BCUT2D eigenvalue weighted by Crippen LogP contribution is -2.07. The average molecular weight is 357 g/mol. The van der Waals surface area contributed by atoms with E-state index in [9.17, 15) is 14.9 Å². The molecule has 0 unspecified atom stereocenters. The monoisotopic (exact) mass is 357 g/mol. The summed E-state index contributed by atoms with van der Waals surface area (Å²) in [6.07, 6.45) is 2.96. The molecule has 0 spiro atoms. The van der Waals surface area contributed by atoms with Crippen molar-refractivity contribution >= 4 is 45.5 Å². The number of thiazole rings is 1. The molecule has 6 nitrogen and oxygen atoms in total. The van der Waals surface area contributed by atoms with E-state index in [-0.39, 0.29) is 11.6 Å². The maximum atomic E-state index is 11.9. The van der Waals surface area contributed by atoms with Crippen molar-refractivity contribution in [1.82, 2.24) is 4.98 Å². The third-order valence-electron chi connectivity index (χ3n) is 3.04. The van der Waals surface area contributed by atoms with Crippen LogP contribution in [0.3, 0.4) is 0 Å². The third kappa shape index (κ3) is 3.92. The van der Waals surface area contributed by atoms with Gasteiger partial charge in [0, 0.05) is 23.6 Å². The number of nitro groups is 1. The highest BCUT2D eigenvalue weighted by atomic mass is 32.1. The van der Waals surface area contributed by atoms with Crippen LogP contribution in [0.25, 0.3) is 16.6 Å². The maximum absolute atomic E-state index is 11.9. The lowest BCUT2D eigenvalue weighted by Gasteiger charge is -1.96. The van der Waals surface area contributed by atoms with Crippen LogP contribution in [0.5, 0.6) is 0 Å². The van der Waals surface area contributed by atoms with Crippen LogP contribution in [0.4, 0.5) is 10.8 Å². The van der Waals surface area contributed by atoms with E-state index in [4.69, 9.17) is 0 Å². The second-order valence-corrected chi connectivity index (χ2v) is 6.49. The lowest BCUT2D eigenvalue weighted by molar-refractivity contribution is -0.384. The van der Waals surface area contributed by atoms with E-state index < -0.39 is 4.92 Å². The highest BCUT2D eigenvalue weighted by Crippen LogP contribution is 2.28. The number of hydrogen-bond donors (Lipinski definition) is 1. The Hall–Kier alpha value is -2.84. The number of nitro benzene ring substituents is 1. The summed E-state index contributed by atoms with van der Waals surface area (Å²) in [7, 11) is 0. The first-order valence-electron chi connectivity index (χ1n) is 6.85. The van der Waals surface area contributed by atoms with Gasteiger partial charge < -0.3 is 0 Å². The van der Waals surface area contributed by atoms with Gasteiger partial charge in [-0.15, -0.1) is 22.7 Å². The minimum absolute atomic E-state index is 0.0143. The fraction of sp³-hybridized carbons (Fsp3) is 0. The van der Waals surface area contributed by atoms with Crippen LogP contribution in [-0.4, -0.2) is 15.8 Å². The van der Waals surface area contributed by atoms with Crippen molar-refractivity contribution in [1.29, 1.82) is 0 Å². The van der Waals surface area contributed by atoms with Crippen molar-refractivity contribution in [2.45, 2.75) is 0 Å². The van der Waals surface area contributed by atoms with Crippen LogP contribution in [0.1, 0.15) is 5.56 Å². The number of anilines is 1. The van der Waals surface area contributed by atoms with Gasteiger partial charge in [0.1, 0.15) is 0 Å². The molecule has 1 aromatic carbocycles. The molecule has 1 N–H and O–H groups in total. The molecule has 8 heteroatoms. The molecule has 0 fully saturated rings. The van der Waals surface area contributed by atoms with Gasteiger partial charge in [-0.25, -0.2) is 4.98 Å². The Morgan fingerprint density at radius 3 is 2.67 bits per heavy atom. The fourth-order valence-electron chi connectivity index (χ4n) is 1.89. The molecule has 3 aromatic rings. The van der Waals surface area contributed by atoms with E-state index in [0.29, 0.717) is 10.7 Å². The van der Waals surface area contributed by atoms with Crippen LogP contribution in [-0.2, 0) is 4.79 Å². The summed E-state index contributed by atoms with van der Waals surface area (Å²) in [6, 6.07) is 9.88. The molecule has 120 valence electrons. The molecule has 1 amide bonds. The average Bonchev–Trinajstić information content (AvgIpc) is 3.24. The zero-order valence-corrected chi connectivity index (χ0v) is 13.8. The number of carbonyl (C=O) groups is 1. The Balaban J connectivity index is 1.62. The van der Waals surface area contributed by atoms with Gasteiger partial charge in [-0.1, -0.05) is 6.07 Å². The zero-order chi connectivity index (χ0) is 16.9. The van der Waals surface area contributed by atoms with E-state index in [1.54, 1.807) is 29.5 Å². The van der Waals surface area contributed by atoms with Crippen molar-refractivity contribution in [2.24, 2.45) is 0 Å². The minimum atomic E-state index is -0.464. The van der Waals surface area contributed by atoms with Crippen molar-refractivity contribution < 1.29 is 9.72 Å². The summed E-state index contributed by atoms with van der Waals surface area (Å²) in [5.41, 5.74) is 1.55. The number of hydrogen-bond acceptors (Lipinski definition) is 6. The number of thiophene rings is 1. The zero-order valence-electron chi connectivity index (χ0n) is 12.2. The molecule has 0 aliphatic heterocycles. The first kappa shape index (κ1) is 16.0. The molecular weight excluding hydrogens is 346 g/mol. The molecular formula is C16H11N3O3S2. The summed E-state index contributed by atoms with van der Waals surface area (Å²) in [6.45, 7) is 0. The highest BCUT2D eigenvalue weighted by molar-refractivity contribution is 7.16. The molecule has 2 heterocycles. The number of carbonyl (C=O) groups excluding carboxylic acids is 1. The number of nitrogens with one attached hydrogen (secondary N) is 1. The van der Waals surface area contributed by atoms with E-state index in [1.807, 2.05) is 22.9 Å². The number of rotatable bonds is 5. The van der Waals surface area contributed by atoms with E-state index in [2.05, 4.69) is 10.3 Å². The first-order chi connectivity index (χ1) is 11.6. The Bertz CT molecular complexity index is 884. The van der Waals surface area contributed by atoms with Crippen molar-refractivity contribution in [2.75, 3.05) is 5.32 Å². The standard InChI is InChI=1S/C16H11N3O3S2/c20-15(8-5-11-3-6-12(7-4-11)19(21)22)18-16-17-13(10-24-16)14-2-1-9-23-14/h1-10H,(H,17,18,20). The van der Waals surface area contributed by atoms with E-state index in [0.717, 1.165) is 10.6 Å². The van der Waals surface area contributed by atoms with Gasteiger partial charge in [-0.05, 0) is 35.2 Å². The summed E-state index contributed by atoms with van der Waals surface area (Å²) >= 11 is 2.95. The van der Waals surface area contributed by atoms with Gasteiger partial charge in [0.2, 0.25) is 5.91 Å². The van der Waals surface area contributed by atoms with Gasteiger partial charge >= 0.3 is 0 Å². The van der Waals surface area contributed by atoms with Crippen LogP contribution in [0, 0.1) is 10.1 Å². The SMILES string of the molecule is O=C(C=Cc1ccc([N+](=O)[O-])cc1)Nc1nc(-c2cccs2)cs1. The Morgan fingerprint density at radius 1 is 1.21 bits per heavy atom. The van der Waals surface area contributed by atoms with Crippen molar-refractivity contribution in [3.8, 4) is 10.6 Å². The molecule has 0 aliphatic rings. The smallest absolute Gasteiger partial charge is 0.269 e. The molecule has 0 aliphatic carbocycles. The topological polar surface area (TPSA) is 85.1 Å². The van der Waals surface area contributed by atoms with Crippen molar-refractivity contribution in [3.05, 3.63) is 68.9 Å². The molecule has 3 rings (SSSR count). The van der Waals surface area contributed by atoms with Crippen molar-refractivity contribution in [3.63, 3.8) is 0 Å². The molecule has 0 atom stereocenters. The second-order valence-electron chi connectivity index (χ2n) is 4.69. The van der Waals surface area contributed by atoms with Crippen LogP contribution < -0.4 is 5.32 Å². The molecule has 0 saturated heterocycles.